The van der Waals surface area contributed by atoms with E-state index in [4.69, 9.17) is 34.8 Å². The number of phenolic OH excluding ortho intramolecular Hbond substituents is 2. The molecule has 7 atom stereocenters. The number of aromatic nitrogens is 1. The van der Waals surface area contributed by atoms with Crippen LogP contribution < -0.4 is 47.1 Å². The molecule has 3 aromatic carbocycles. The van der Waals surface area contributed by atoms with Crippen molar-refractivity contribution in [2.75, 3.05) is 32.1 Å². The Balaban J connectivity index is 1.12. The zero-order chi connectivity index (χ0) is 47.2. The highest BCUT2D eigenvalue weighted by Gasteiger charge is 2.71. The molecule has 0 amide bonds. The number of aryl methyl sites for hydroxylation is 1. The van der Waals surface area contributed by atoms with Crippen LogP contribution in [-0.4, -0.2) is 104 Å². The second-order valence-corrected chi connectivity index (χ2v) is 17.2. The lowest BCUT2D eigenvalue weighted by Crippen LogP contribution is -2.79. The van der Waals surface area contributed by atoms with Crippen molar-refractivity contribution in [2.45, 2.75) is 68.5 Å². The van der Waals surface area contributed by atoms with Gasteiger partial charge < -0.3 is 81.1 Å². The first-order chi connectivity index (χ1) is 32.1. The number of hydrogen-bond donors (Lipinski definition) is 12. The number of hydrogen-bond acceptors (Lipinski definition) is 17. The van der Waals surface area contributed by atoms with E-state index in [-0.39, 0.29) is 42.1 Å². The van der Waals surface area contributed by atoms with Gasteiger partial charge in [-0.1, -0.05) is 24.6 Å². The Morgan fingerprint density at radius 2 is 1.79 bits per heavy atom. The average molecular weight is 921 g/mol. The maximum Gasteiger partial charge on any atom is 0.336 e. The van der Waals surface area contributed by atoms with Crippen molar-refractivity contribution < 1.29 is 58.8 Å². The number of nitrogens with one attached hydrogen (secondary N) is 4. The number of phenols is 2. The summed E-state index contributed by atoms with van der Waals surface area (Å²) in [5, 5.41) is 79.6. The SMILES string of the molecule is CCc1cc(O)cc(COc2c(O[C@@H]3O[C@H](C(=O)O)[C@]4(O)[C@@H]([C@@H]5CNCN5)C(CC5=CCNC(N)=C5)=C[C@@]3(O)[C@@H]4O)cc3oc(-c4ccc(OCCc5ccc(N)[nH]5)cc4)cc(=O)c3c2O)c1. The molecule has 2 saturated heterocycles. The first kappa shape index (κ1) is 45.2. The van der Waals surface area contributed by atoms with Gasteiger partial charge in [0.1, 0.15) is 52.4 Å². The maximum atomic E-state index is 13.9. The highest BCUT2D eigenvalue weighted by molar-refractivity contribution is 5.89. The van der Waals surface area contributed by atoms with Gasteiger partial charge in [-0.05, 0) is 90.2 Å². The fraction of sp³-hybridized carbons (Fsp3) is 0.333. The van der Waals surface area contributed by atoms with E-state index in [1.165, 1.54) is 24.3 Å². The van der Waals surface area contributed by atoms with Gasteiger partial charge in [0.25, 0.3) is 0 Å². The van der Waals surface area contributed by atoms with Crippen LogP contribution in [0.4, 0.5) is 5.82 Å². The molecule has 1 aliphatic carbocycles. The number of aliphatic hydroxyl groups is 3. The molecule has 2 fully saturated rings. The predicted molar refractivity (Wildman–Crippen MR) is 243 cm³/mol. The molecule has 0 radical (unpaired) electrons. The number of ether oxygens (including phenoxy) is 4. The quantitative estimate of drug-likeness (QED) is 0.0671. The van der Waals surface area contributed by atoms with Gasteiger partial charge in [0.05, 0.1) is 12.4 Å². The van der Waals surface area contributed by atoms with Crippen LogP contribution in [0.3, 0.4) is 0 Å². The molecular formula is C48H52N6O13. The summed E-state index contributed by atoms with van der Waals surface area (Å²) < 4.78 is 30.7. The number of nitrogens with two attached hydrogens (primary N) is 2. The number of benzene rings is 3. The van der Waals surface area contributed by atoms with Gasteiger partial charge in [-0.3, -0.25) is 10.1 Å². The standard InChI is InChI=1S/C48H52N6O13/c1-2-24-13-26(16-30(55)15-24)22-64-42-36(19-35-39(41(42)57)33(56)18-34(65-35)27-3-6-31(7-4-27)63-12-10-29-5-8-37(49)54-29)66-46-47(61)20-28(14-25-9-11-52-38(50)17-25)40(32-21-51-23-53-32)48(62,45(47)60)43(67-46)44(58)59/h3-9,13,15-20,32,40,43,45-46,51-55,57,60-62H,2,10-12,14,21-23,49-50H2,1H3,(H,58,59)/t32-,40+,43+,45-,46+,47+,48+/m0/s1. The Kier molecular flexibility index (Phi) is 12.1. The molecule has 19 nitrogen and oxygen atoms in total. The first-order valence-electron chi connectivity index (χ1n) is 21.8. The third kappa shape index (κ3) is 8.63. The molecule has 3 aliphatic heterocycles. The van der Waals surface area contributed by atoms with Crippen LogP contribution in [0.15, 0.2) is 111 Å². The third-order valence-corrected chi connectivity index (χ3v) is 12.7. The summed E-state index contributed by atoms with van der Waals surface area (Å²) in [4.78, 5) is 30.2. The number of aliphatic carboxylic acids is 1. The Labute approximate surface area is 382 Å². The van der Waals surface area contributed by atoms with Crippen molar-refractivity contribution in [1.82, 2.24) is 20.9 Å². The van der Waals surface area contributed by atoms with Crippen molar-refractivity contribution in [3.05, 3.63) is 129 Å². The minimum atomic E-state index is -2.65. The van der Waals surface area contributed by atoms with E-state index in [2.05, 4.69) is 20.9 Å². The largest absolute Gasteiger partial charge is 0.508 e. The van der Waals surface area contributed by atoms with Crippen molar-refractivity contribution in [3.63, 3.8) is 0 Å². The highest BCUT2D eigenvalue weighted by atomic mass is 16.7. The average Bonchev–Trinajstić information content (AvgIpc) is 3.98. The Hall–Kier alpha value is -7.00. The monoisotopic (exact) mass is 920 g/mol. The number of fused-ring (bicyclic) bond motifs is 3. The third-order valence-electron chi connectivity index (χ3n) is 12.7. The number of H-pyrrole nitrogens is 1. The number of carboxylic acids is 1. The summed E-state index contributed by atoms with van der Waals surface area (Å²) in [6.45, 7) is 2.99. The molecule has 2 bridgehead atoms. The summed E-state index contributed by atoms with van der Waals surface area (Å²) in [6, 6.07) is 17.0. The van der Waals surface area contributed by atoms with Crippen LogP contribution >= 0.6 is 0 Å². The highest BCUT2D eigenvalue weighted by Crippen LogP contribution is 2.53. The lowest BCUT2D eigenvalue weighted by atomic mass is 9.59. The topological polar surface area (TPSA) is 310 Å². The van der Waals surface area contributed by atoms with E-state index in [0.717, 1.165) is 11.3 Å². The van der Waals surface area contributed by atoms with Gasteiger partial charge in [-0.15, -0.1) is 0 Å². The fourth-order valence-corrected chi connectivity index (χ4v) is 9.51. The number of allylic oxidation sites excluding steroid dienone is 2. The molecule has 4 aliphatic rings. The van der Waals surface area contributed by atoms with Gasteiger partial charge >= 0.3 is 5.97 Å². The van der Waals surface area contributed by atoms with Gasteiger partial charge in [-0.25, -0.2) is 4.79 Å². The minimum Gasteiger partial charge on any atom is -0.508 e. The van der Waals surface area contributed by atoms with Gasteiger partial charge in [-0.2, -0.15) is 0 Å². The molecule has 2 aromatic heterocycles. The Morgan fingerprint density at radius 1 is 1.00 bits per heavy atom. The van der Waals surface area contributed by atoms with Crippen molar-refractivity contribution in [3.8, 4) is 40.1 Å². The van der Waals surface area contributed by atoms with E-state index in [0.29, 0.717) is 72.3 Å². The van der Waals surface area contributed by atoms with E-state index in [9.17, 15) is 40.2 Å². The fourth-order valence-electron chi connectivity index (χ4n) is 9.51. The van der Waals surface area contributed by atoms with Crippen LogP contribution in [0.5, 0.6) is 28.7 Å². The summed E-state index contributed by atoms with van der Waals surface area (Å²) in [6.07, 6.45) is -0.403. The van der Waals surface area contributed by atoms with Gasteiger partial charge in [0.2, 0.25) is 12.0 Å². The lowest BCUT2D eigenvalue weighted by Gasteiger charge is -2.58. The molecular weight excluding hydrogens is 869 g/mol. The molecule has 19 heteroatoms. The van der Waals surface area contributed by atoms with Crippen molar-refractivity contribution in [1.29, 1.82) is 0 Å². The number of rotatable bonds is 15. The molecule has 352 valence electrons. The maximum absolute atomic E-state index is 13.9. The van der Waals surface area contributed by atoms with Crippen LogP contribution in [0.2, 0.25) is 0 Å². The lowest BCUT2D eigenvalue weighted by molar-refractivity contribution is -0.344. The normalized spacial score (nSPS) is 25.7. The van der Waals surface area contributed by atoms with Crippen LogP contribution in [0, 0.1) is 5.92 Å². The van der Waals surface area contributed by atoms with E-state index >= 15 is 0 Å². The summed E-state index contributed by atoms with van der Waals surface area (Å²) in [5.41, 5.74) is 9.44. The van der Waals surface area contributed by atoms with Crippen LogP contribution in [0.25, 0.3) is 22.3 Å². The molecule has 0 unspecified atom stereocenters. The number of aliphatic hydroxyl groups excluding tert-OH is 1. The second kappa shape index (κ2) is 18.0. The number of carbonyl (C=O) groups is 1. The number of anilines is 1. The summed E-state index contributed by atoms with van der Waals surface area (Å²) >= 11 is 0. The molecule has 5 aromatic rings. The molecule has 0 spiro atoms. The van der Waals surface area contributed by atoms with Crippen molar-refractivity contribution in [2.24, 2.45) is 11.7 Å². The zero-order valence-corrected chi connectivity index (χ0v) is 36.3. The van der Waals surface area contributed by atoms with Crippen molar-refractivity contribution >= 4 is 22.8 Å². The Bertz CT molecular complexity index is 2850. The van der Waals surface area contributed by atoms with Crippen LogP contribution in [0.1, 0.15) is 30.2 Å². The first-order valence-corrected chi connectivity index (χ1v) is 21.8. The van der Waals surface area contributed by atoms with E-state index in [1.807, 2.05) is 19.1 Å². The number of nitrogen functional groups attached to an aromatic ring is 1. The predicted octanol–water partition coefficient (Wildman–Crippen LogP) is 2.35. The number of aromatic hydroxyl groups is 2. The number of dihydropyridines is 1. The zero-order valence-electron chi connectivity index (χ0n) is 36.3. The molecule has 14 N–H and O–H groups in total. The number of carboxylic acid groups (broad SMARTS) is 1. The minimum absolute atomic E-state index is 0.0358. The Morgan fingerprint density at radius 3 is 2.49 bits per heavy atom. The van der Waals surface area contributed by atoms with Crippen LogP contribution in [-0.2, 0) is 29.0 Å². The molecule has 9 rings (SSSR count). The molecule has 0 saturated carbocycles. The molecule has 67 heavy (non-hydrogen) atoms. The molecule has 5 heterocycles. The van der Waals surface area contributed by atoms with Gasteiger partial charge in [0, 0.05) is 61.5 Å². The van der Waals surface area contributed by atoms with Gasteiger partial charge in [0.15, 0.2) is 28.6 Å². The summed E-state index contributed by atoms with van der Waals surface area (Å²) in [5.74, 6) is -2.79. The smallest absolute Gasteiger partial charge is 0.336 e. The van der Waals surface area contributed by atoms with E-state index < -0.39 is 70.3 Å². The number of aromatic amines is 1. The second-order valence-electron chi connectivity index (χ2n) is 17.2. The summed E-state index contributed by atoms with van der Waals surface area (Å²) in [7, 11) is 0. The van der Waals surface area contributed by atoms with E-state index in [1.54, 1.807) is 48.5 Å².